The van der Waals surface area contributed by atoms with Crippen LogP contribution in [-0.2, 0) is 9.59 Å². The molecule has 1 aromatic heterocycles. The first-order chi connectivity index (χ1) is 11.0. The van der Waals surface area contributed by atoms with Crippen molar-refractivity contribution in [1.82, 2.24) is 15.4 Å². The zero-order valence-electron chi connectivity index (χ0n) is 12.8. The Bertz CT molecular complexity index is 621. The highest BCUT2D eigenvalue weighted by Crippen LogP contribution is 2.18. The molecule has 1 atom stereocenters. The molecule has 0 bridgehead atoms. The molecule has 0 spiro atoms. The van der Waals surface area contributed by atoms with Crippen molar-refractivity contribution in [1.29, 1.82) is 0 Å². The monoisotopic (exact) mass is 322 g/mol. The van der Waals surface area contributed by atoms with Crippen molar-refractivity contribution in [3.63, 3.8) is 0 Å². The zero-order valence-corrected chi connectivity index (χ0v) is 12.8. The van der Waals surface area contributed by atoms with E-state index in [2.05, 4.69) is 10.3 Å². The summed E-state index contributed by atoms with van der Waals surface area (Å²) >= 11 is 0. The highest BCUT2D eigenvalue weighted by molar-refractivity contribution is 5.90. The Balaban J connectivity index is 2.02. The van der Waals surface area contributed by atoms with Crippen LogP contribution in [0.4, 0.5) is 10.2 Å². The number of piperidine rings is 1. The molecule has 8 heteroatoms. The van der Waals surface area contributed by atoms with Crippen LogP contribution in [0, 0.1) is 5.82 Å². The summed E-state index contributed by atoms with van der Waals surface area (Å²) in [7, 11) is 0. The number of pyridine rings is 1. The van der Waals surface area contributed by atoms with E-state index in [1.807, 2.05) is 0 Å². The van der Waals surface area contributed by atoms with Gasteiger partial charge in [-0.3, -0.25) is 14.8 Å². The molecule has 0 aromatic carbocycles. The van der Waals surface area contributed by atoms with E-state index in [0.29, 0.717) is 12.1 Å². The van der Waals surface area contributed by atoms with Gasteiger partial charge in [-0.2, -0.15) is 0 Å². The molecule has 1 fully saturated rings. The van der Waals surface area contributed by atoms with Crippen molar-refractivity contribution in [2.45, 2.75) is 25.8 Å². The van der Waals surface area contributed by atoms with Crippen LogP contribution in [0.15, 0.2) is 18.3 Å². The first kappa shape index (κ1) is 16.9. The summed E-state index contributed by atoms with van der Waals surface area (Å²) in [5, 5.41) is 11.4. The number of nitrogens with zero attached hydrogens (tertiary/aromatic N) is 2. The molecular weight excluding hydrogens is 303 g/mol. The molecule has 3 N–H and O–H groups in total. The van der Waals surface area contributed by atoms with Crippen molar-refractivity contribution in [2.75, 3.05) is 18.4 Å². The number of hydrogen-bond acceptors (Lipinski definition) is 5. The SMILES string of the molecule is CC(=O)N1CCC[C@@H](Nc2ncc(C=CC(=O)NO)cc2F)C1. The number of anilines is 1. The zero-order chi connectivity index (χ0) is 16.8. The third-order valence-electron chi connectivity index (χ3n) is 3.61. The van der Waals surface area contributed by atoms with Gasteiger partial charge < -0.3 is 10.2 Å². The average Bonchev–Trinajstić information content (AvgIpc) is 2.55. The standard InChI is InChI=1S/C15H19FN4O3/c1-10(21)20-6-2-3-12(9-20)18-15-13(16)7-11(8-17-15)4-5-14(22)19-23/h4-5,7-8,12,23H,2-3,6,9H2,1H3,(H,17,18)(H,19,22)/t12-/m1/s1. The van der Waals surface area contributed by atoms with Gasteiger partial charge in [-0.05, 0) is 30.5 Å². The second kappa shape index (κ2) is 7.68. The van der Waals surface area contributed by atoms with Crippen LogP contribution in [-0.4, -0.2) is 46.0 Å². The molecule has 2 heterocycles. The second-order valence-electron chi connectivity index (χ2n) is 5.36. The van der Waals surface area contributed by atoms with Crippen LogP contribution in [0.3, 0.4) is 0 Å². The third kappa shape index (κ3) is 4.75. The number of carbonyl (C=O) groups excluding carboxylic acids is 2. The molecule has 2 rings (SSSR count). The number of amides is 2. The van der Waals surface area contributed by atoms with E-state index in [4.69, 9.17) is 5.21 Å². The van der Waals surface area contributed by atoms with Gasteiger partial charge in [-0.25, -0.2) is 14.9 Å². The molecule has 0 saturated carbocycles. The third-order valence-corrected chi connectivity index (χ3v) is 3.61. The fourth-order valence-corrected chi connectivity index (χ4v) is 2.43. The molecule has 0 unspecified atom stereocenters. The lowest BCUT2D eigenvalue weighted by Gasteiger charge is -2.32. The fraction of sp³-hybridized carbons (Fsp3) is 0.400. The molecule has 0 aliphatic carbocycles. The molecule has 23 heavy (non-hydrogen) atoms. The number of halogens is 1. The van der Waals surface area contributed by atoms with E-state index < -0.39 is 11.7 Å². The Hall–Kier alpha value is -2.48. The predicted octanol–water partition coefficient (Wildman–Crippen LogP) is 1.16. The maximum absolute atomic E-state index is 14.1. The van der Waals surface area contributed by atoms with Crippen LogP contribution in [0.25, 0.3) is 6.08 Å². The van der Waals surface area contributed by atoms with Gasteiger partial charge in [-0.15, -0.1) is 0 Å². The number of hydroxylamine groups is 1. The van der Waals surface area contributed by atoms with E-state index in [-0.39, 0.29) is 17.8 Å². The van der Waals surface area contributed by atoms with E-state index in [0.717, 1.165) is 25.5 Å². The summed E-state index contributed by atoms with van der Waals surface area (Å²) in [5.41, 5.74) is 1.84. The van der Waals surface area contributed by atoms with Crippen molar-refractivity contribution < 1.29 is 19.2 Å². The maximum Gasteiger partial charge on any atom is 0.267 e. The largest absolute Gasteiger partial charge is 0.363 e. The van der Waals surface area contributed by atoms with Gasteiger partial charge in [0.05, 0.1) is 0 Å². The number of carbonyl (C=O) groups is 2. The van der Waals surface area contributed by atoms with E-state index in [1.165, 1.54) is 30.7 Å². The summed E-state index contributed by atoms with van der Waals surface area (Å²) < 4.78 is 14.1. The van der Waals surface area contributed by atoms with Gasteiger partial charge in [0.2, 0.25) is 5.91 Å². The van der Waals surface area contributed by atoms with Crippen LogP contribution >= 0.6 is 0 Å². The van der Waals surface area contributed by atoms with Gasteiger partial charge in [0.25, 0.3) is 5.91 Å². The van der Waals surface area contributed by atoms with Gasteiger partial charge in [-0.1, -0.05) is 0 Å². The maximum atomic E-state index is 14.1. The van der Waals surface area contributed by atoms with Gasteiger partial charge >= 0.3 is 0 Å². The first-order valence-electron chi connectivity index (χ1n) is 7.29. The summed E-state index contributed by atoms with van der Waals surface area (Å²) in [5.74, 6) is -1.13. The topological polar surface area (TPSA) is 94.6 Å². The Morgan fingerprint density at radius 2 is 2.30 bits per heavy atom. The molecule has 1 aliphatic rings. The predicted molar refractivity (Wildman–Crippen MR) is 82.1 cm³/mol. The highest BCUT2D eigenvalue weighted by Gasteiger charge is 2.22. The first-order valence-corrected chi connectivity index (χ1v) is 7.29. The van der Waals surface area contributed by atoms with Crippen molar-refractivity contribution >= 4 is 23.7 Å². The summed E-state index contributed by atoms with van der Waals surface area (Å²) in [4.78, 5) is 28.0. The number of aromatic nitrogens is 1. The van der Waals surface area contributed by atoms with Gasteiger partial charge in [0.15, 0.2) is 11.6 Å². The minimum atomic E-state index is -0.709. The minimum absolute atomic E-state index is 0.00702. The normalized spacial score (nSPS) is 18.0. The summed E-state index contributed by atoms with van der Waals surface area (Å²) in [6.45, 7) is 2.76. The van der Waals surface area contributed by atoms with Crippen LogP contribution < -0.4 is 10.8 Å². The summed E-state index contributed by atoms with van der Waals surface area (Å²) in [6.07, 6.45) is 5.51. The Morgan fingerprint density at radius 3 is 2.96 bits per heavy atom. The number of hydrogen-bond donors (Lipinski definition) is 3. The molecule has 124 valence electrons. The lowest BCUT2D eigenvalue weighted by Crippen LogP contribution is -2.44. The average molecular weight is 322 g/mol. The van der Waals surface area contributed by atoms with E-state index in [1.54, 1.807) is 4.90 Å². The second-order valence-corrected chi connectivity index (χ2v) is 5.36. The van der Waals surface area contributed by atoms with E-state index >= 15 is 0 Å². The fourth-order valence-electron chi connectivity index (χ4n) is 2.43. The number of nitrogens with one attached hydrogen (secondary N) is 2. The molecule has 7 nitrogen and oxygen atoms in total. The van der Waals surface area contributed by atoms with E-state index in [9.17, 15) is 14.0 Å². The molecule has 0 radical (unpaired) electrons. The summed E-state index contributed by atoms with van der Waals surface area (Å²) in [6, 6.07) is 1.19. The van der Waals surface area contributed by atoms with Crippen LogP contribution in [0.5, 0.6) is 0 Å². The van der Waals surface area contributed by atoms with Crippen molar-refractivity contribution in [2.24, 2.45) is 0 Å². The van der Waals surface area contributed by atoms with Crippen LogP contribution in [0.2, 0.25) is 0 Å². The van der Waals surface area contributed by atoms with Gasteiger partial charge in [0.1, 0.15) is 0 Å². The van der Waals surface area contributed by atoms with Crippen LogP contribution in [0.1, 0.15) is 25.3 Å². The molecule has 1 saturated heterocycles. The Kier molecular flexibility index (Phi) is 5.64. The van der Waals surface area contributed by atoms with Crippen molar-refractivity contribution in [3.8, 4) is 0 Å². The molecule has 1 aromatic rings. The lowest BCUT2D eigenvalue weighted by molar-refractivity contribution is -0.129. The Labute approximate surface area is 133 Å². The smallest absolute Gasteiger partial charge is 0.267 e. The molecule has 2 amide bonds. The molecule has 1 aliphatic heterocycles. The quantitative estimate of drug-likeness (QED) is 0.439. The highest BCUT2D eigenvalue weighted by atomic mass is 19.1. The minimum Gasteiger partial charge on any atom is -0.363 e. The molecular formula is C15H19FN4O3. The lowest BCUT2D eigenvalue weighted by atomic mass is 10.1. The number of rotatable bonds is 4. The van der Waals surface area contributed by atoms with Crippen molar-refractivity contribution in [3.05, 3.63) is 29.7 Å². The Morgan fingerprint density at radius 1 is 1.52 bits per heavy atom. The number of likely N-dealkylation sites (tertiary alicyclic amines) is 1. The van der Waals surface area contributed by atoms with Gasteiger partial charge in [0, 0.05) is 38.3 Å².